The molecule has 0 saturated carbocycles. The third-order valence-corrected chi connectivity index (χ3v) is 7.56. The number of nitrogens with zero attached hydrogens (tertiary/aromatic N) is 2. The Morgan fingerprint density at radius 2 is 1.88 bits per heavy atom. The van der Waals surface area contributed by atoms with E-state index in [0.29, 0.717) is 49.7 Å². The van der Waals surface area contributed by atoms with E-state index in [4.69, 9.17) is 16.0 Å². The molecule has 1 N–H and O–H groups in total. The standard InChI is InChI=1S/C26H26ClN3O3S/c1-17-2-7-22(33-17)15-28-24(31)19-8-11-29(12-9-19)25(32)23-14-20-10-13-34-26(20)30(23)16-18-3-5-21(27)6-4-18/h2-7,10,13-14,19H,8-9,11-12,15-16H2,1H3,(H,28,31). The third-order valence-electron chi connectivity index (χ3n) is 6.36. The molecular weight excluding hydrogens is 470 g/mol. The summed E-state index contributed by atoms with van der Waals surface area (Å²) in [4.78, 5) is 29.1. The summed E-state index contributed by atoms with van der Waals surface area (Å²) < 4.78 is 7.61. The first-order chi connectivity index (χ1) is 16.5. The number of hydrogen-bond donors (Lipinski definition) is 1. The molecule has 0 aliphatic carbocycles. The number of likely N-dealkylation sites (tertiary alicyclic amines) is 1. The Kier molecular flexibility index (Phi) is 6.48. The number of carbonyl (C=O) groups excluding carboxylic acids is 2. The highest BCUT2D eigenvalue weighted by Crippen LogP contribution is 2.29. The summed E-state index contributed by atoms with van der Waals surface area (Å²) in [5, 5.41) is 6.78. The highest BCUT2D eigenvalue weighted by atomic mass is 35.5. The zero-order valence-electron chi connectivity index (χ0n) is 18.9. The first-order valence-electron chi connectivity index (χ1n) is 11.4. The van der Waals surface area contributed by atoms with Crippen LogP contribution in [0.1, 0.15) is 40.4 Å². The van der Waals surface area contributed by atoms with E-state index >= 15 is 0 Å². The quantitative estimate of drug-likeness (QED) is 0.385. The number of hydrogen-bond acceptors (Lipinski definition) is 4. The van der Waals surface area contributed by atoms with Crippen LogP contribution in [-0.2, 0) is 17.9 Å². The predicted octanol–water partition coefficient (Wildman–Crippen LogP) is 5.47. The van der Waals surface area contributed by atoms with Gasteiger partial charge < -0.3 is 19.2 Å². The van der Waals surface area contributed by atoms with Crippen molar-refractivity contribution in [3.05, 3.63) is 81.7 Å². The van der Waals surface area contributed by atoms with Gasteiger partial charge in [0.15, 0.2) is 0 Å². The third kappa shape index (κ3) is 4.76. The second-order valence-corrected chi connectivity index (χ2v) is 10.1. The number of aromatic nitrogens is 1. The van der Waals surface area contributed by atoms with Crippen LogP contribution in [0.4, 0.5) is 0 Å². The summed E-state index contributed by atoms with van der Waals surface area (Å²) in [5.41, 5.74) is 1.78. The number of halogens is 1. The SMILES string of the molecule is Cc1ccc(CNC(=O)C2CCN(C(=O)c3cc4ccsc4n3Cc3ccc(Cl)cc3)CC2)o1. The fourth-order valence-corrected chi connectivity index (χ4v) is 5.51. The number of fused-ring (bicyclic) bond motifs is 1. The van der Waals surface area contributed by atoms with Gasteiger partial charge in [0.1, 0.15) is 22.0 Å². The fourth-order valence-electron chi connectivity index (χ4n) is 4.49. The van der Waals surface area contributed by atoms with Gasteiger partial charge in [0.25, 0.3) is 5.91 Å². The Morgan fingerprint density at radius 1 is 1.12 bits per heavy atom. The molecule has 1 aliphatic heterocycles. The molecule has 1 fully saturated rings. The van der Waals surface area contributed by atoms with Gasteiger partial charge in [-0.05, 0) is 67.1 Å². The number of rotatable bonds is 6. The molecule has 8 heteroatoms. The lowest BCUT2D eigenvalue weighted by Gasteiger charge is -2.31. The van der Waals surface area contributed by atoms with Crippen LogP contribution in [0.2, 0.25) is 5.02 Å². The van der Waals surface area contributed by atoms with Crippen LogP contribution in [0.5, 0.6) is 0 Å². The first kappa shape index (κ1) is 22.7. The van der Waals surface area contributed by atoms with E-state index in [0.717, 1.165) is 27.3 Å². The lowest BCUT2D eigenvalue weighted by molar-refractivity contribution is -0.126. The van der Waals surface area contributed by atoms with Crippen molar-refractivity contribution in [2.75, 3.05) is 13.1 Å². The Bertz CT molecular complexity index is 1310. The maximum atomic E-state index is 13.5. The molecule has 34 heavy (non-hydrogen) atoms. The Labute approximate surface area is 207 Å². The number of carbonyl (C=O) groups is 2. The first-order valence-corrected chi connectivity index (χ1v) is 12.7. The Balaban J connectivity index is 1.24. The van der Waals surface area contributed by atoms with Gasteiger partial charge in [0.2, 0.25) is 5.91 Å². The number of nitrogens with one attached hydrogen (secondary N) is 1. The summed E-state index contributed by atoms with van der Waals surface area (Å²) in [6.45, 7) is 4.01. The normalized spacial score (nSPS) is 14.6. The number of aryl methyl sites for hydroxylation is 1. The molecule has 0 radical (unpaired) electrons. The van der Waals surface area contributed by atoms with Crippen LogP contribution < -0.4 is 5.32 Å². The van der Waals surface area contributed by atoms with Crippen molar-refractivity contribution in [2.24, 2.45) is 5.92 Å². The monoisotopic (exact) mass is 495 g/mol. The molecule has 5 rings (SSSR count). The smallest absolute Gasteiger partial charge is 0.270 e. The fraction of sp³-hybridized carbons (Fsp3) is 0.308. The van der Waals surface area contributed by atoms with Crippen LogP contribution in [0, 0.1) is 12.8 Å². The van der Waals surface area contributed by atoms with Crippen molar-refractivity contribution >= 4 is 45.0 Å². The molecule has 0 spiro atoms. The minimum atomic E-state index is -0.0931. The molecule has 0 bridgehead atoms. The van der Waals surface area contributed by atoms with Gasteiger partial charge in [-0.2, -0.15) is 0 Å². The Hall–Kier alpha value is -3.03. The number of furan rings is 1. The molecule has 4 aromatic rings. The molecule has 1 aromatic carbocycles. The van der Waals surface area contributed by atoms with Gasteiger partial charge in [-0.3, -0.25) is 9.59 Å². The van der Waals surface area contributed by atoms with Crippen LogP contribution in [-0.4, -0.2) is 34.4 Å². The van der Waals surface area contributed by atoms with Gasteiger partial charge in [0, 0.05) is 36.0 Å². The number of piperidine rings is 1. The van der Waals surface area contributed by atoms with E-state index in [2.05, 4.69) is 9.88 Å². The van der Waals surface area contributed by atoms with Crippen molar-refractivity contribution in [1.29, 1.82) is 0 Å². The molecule has 1 saturated heterocycles. The average Bonchev–Trinajstić information content (AvgIpc) is 3.56. The second-order valence-electron chi connectivity index (χ2n) is 8.72. The van der Waals surface area contributed by atoms with E-state index in [-0.39, 0.29) is 17.7 Å². The molecule has 176 valence electrons. The lowest BCUT2D eigenvalue weighted by atomic mass is 9.95. The van der Waals surface area contributed by atoms with E-state index < -0.39 is 0 Å². The minimum absolute atomic E-state index is 0.0160. The number of thiophene rings is 1. The van der Waals surface area contributed by atoms with Gasteiger partial charge in [-0.25, -0.2) is 0 Å². The van der Waals surface area contributed by atoms with Gasteiger partial charge >= 0.3 is 0 Å². The highest BCUT2D eigenvalue weighted by Gasteiger charge is 2.29. The van der Waals surface area contributed by atoms with E-state index in [9.17, 15) is 9.59 Å². The molecule has 0 atom stereocenters. The summed E-state index contributed by atoms with van der Waals surface area (Å²) >= 11 is 7.68. The molecule has 2 amide bonds. The average molecular weight is 496 g/mol. The van der Waals surface area contributed by atoms with Gasteiger partial charge in [-0.15, -0.1) is 11.3 Å². The predicted molar refractivity (Wildman–Crippen MR) is 134 cm³/mol. The maximum absolute atomic E-state index is 13.5. The molecule has 0 unspecified atom stereocenters. The summed E-state index contributed by atoms with van der Waals surface area (Å²) in [6.07, 6.45) is 1.31. The summed E-state index contributed by atoms with van der Waals surface area (Å²) in [7, 11) is 0. The van der Waals surface area contributed by atoms with Crippen LogP contribution in [0.15, 0.2) is 58.3 Å². The lowest BCUT2D eigenvalue weighted by Crippen LogP contribution is -2.43. The van der Waals surface area contributed by atoms with Crippen LogP contribution in [0.25, 0.3) is 10.2 Å². The zero-order valence-corrected chi connectivity index (χ0v) is 20.5. The minimum Gasteiger partial charge on any atom is -0.465 e. The highest BCUT2D eigenvalue weighted by molar-refractivity contribution is 7.16. The van der Waals surface area contributed by atoms with E-state index in [1.165, 1.54) is 0 Å². The van der Waals surface area contributed by atoms with Gasteiger partial charge in [-0.1, -0.05) is 23.7 Å². The zero-order chi connectivity index (χ0) is 23.7. The van der Waals surface area contributed by atoms with Crippen LogP contribution >= 0.6 is 22.9 Å². The van der Waals surface area contributed by atoms with Crippen LogP contribution in [0.3, 0.4) is 0 Å². The Morgan fingerprint density at radius 3 is 2.59 bits per heavy atom. The van der Waals surface area contributed by atoms with Gasteiger partial charge in [0.05, 0.1) is 6.54 Å². The molecule has 1 aliphatic rings. The van der Waals surface area contributed by atoms with Crippen molar-refractivity contribution in [2.45, 2.75) is 32.9 Å². The largest absolute Gasteiger partial charge is 0.465 e. The van der Waals surface area contributed by atoms with Crippen molar-refractivity contribution < 1.29 is 14.0 Å². The number of amides is 2. The topological polar surface area (TPSA) is 67.5 Å². The molecule has 4 heterocycles. The molecular formula is C26H26ClN3O3S. The van der Waals surface area contributed by atoms with Crippen molar-refractivity contribution in [3.8, 4) is 0 Å². The summed E-state index contributed by atoms with van der Waals surface area (Å²) in [5.74, 6) is 1.52. The summed E-state index contributed by atoms with van der Waals surface area (Å²) in [6, 6.07) is 15.5. The van der Waals surface area contributed by atoms with E-state index in [1.54, 1.807) is 11.3 Å². The van der Waals surface area contributed by atoms with E-state index in [1.807, 2.05) is 65.7 Å². The number of benzene rings is 1. The molecule has 6 nitrogen and oxygen atoms in total. The van der Waals surface area contributed by atoms with Crippen molar-refractivity contribution in [3.63, 3.8) is 0 Å². The molecule has 3 aromatic heterocycles. The second kappa shape index (κ2) is 9.68. The van der Waals surface area contributed by atoms with Crippen molar-refractivity contribution in [1.82, 2.24) is 14.8 Å². The maximum Gasteiger partial charge on any atom is 0.270 e.